The molecular formula is C24H25FN4O2S. The highest BCUT2D eigenvalue weighted by Gasteiger charge is 2.33. The van der Waals surface area contributed by atoms with E-state index in [0.717, 1.165) is 16.8 Å². The Balaban J connectivity index is 1.81. The normalized spacial score (nSPS) is 16.4. The fourth-order valence-electron chi connectivity index (χ4n) is 3.89. The maximum Gasteiger partial charge on any atom is 0.258 e. The lowest BCUT2D eigenvalue weighted by atomic mass is 9.92. The standard InChI is InChI=1S/C24H25FN4O2S/c1-6-29-15(4)20(21(26-24(29)32)16-8-7-13(2)14(3)11-16)23-27-22(28-31-23)17-9-10-19(30-5)18(25)12-17/h7-12,21H,6H2,1-5H3,(H,26,32). The molecule has 1 N–H and O–H groups in total. The van der Waals surface area contributed by atoms with Gasteiger partial charge in [0, 0.05) is 17.8 Å². The lowest BCUT2D eigenvalue weighted by Gasteiger charge is -2.36. The van der Waals surface area contributed by atoms with Gasteiger partial charge in [0.05, 0.1) is 18.7 Å². The van der Waals surface area contributed by atoms with Crippen LogP contribution in [0.2, 0.25) is 0 Å². The highest BCUT2D eigenvalue weighted by molar-refractivity contribution is 7.80. The van der Waals surface area contributed by atoms with E-state index in [0.29, 0.717) is 28.9 Å². The molecular weight excluding hydrogens is 427 g/mol. The third-order valence-electron chi connectivity index (χ3n) is 5.84. The van der Waals surface area contributed by atoms with Gasteiger partial charge in [0.15, 0.2) is 16.7 Å². The summed E-state index contributed by atoms with van der Waals surface area (Å²) in [5.41, 5.74) is 5.74. The molecule has 0 fully saturated rings. The average molecular weight is 453 g/mol. The number of hydrogen-bond acceptors (Lipinski definition) is 5. The molecule has 0 spiro atoms. The van der Waals surface area contributed by atoms with Gasteiger partial charge in [0.2, 0.25) is 5.82 Å². The summed E-state index contributed by atoms with van der Waals surface area (Å²) in [5.74, 6) is 0.346. The number of aryl methyl sites for hydroxylation is 2. The maximum atomic E-state index is 14.2. The van der Waals surface area contributed by atoms with Crippen LogP contribution in [0.1, 0.15) is 42.5 Å². The van der Waals surface area contributed by atoms with Crippen molar-refractivity contribution < 1.29 is 13.7 Å². The fourth-order valence-corrected chi connectivity index (χ4v) is 4.27. The van der Waals surface area contributed by atoms with E-state index in [1.807, 2.05) is 18.7 Å². The number of rotatable bonds is 5. The summed E-state index contributed by atoms with van der Waals surface area (Å²) in [6.07, 6.45) is 0. The Morgan fingerprint density at radius 1 is 1.16 bits per heavy atom. The topological polar surface area (TPSA) is 63.4 Å². The van der Waals surface area contributed by atoms with Crippen molar-refractivity contribution in [2.75, 3.05) is 13.7 Å². The Morgan fingerprint density at radius 2 is 1.94 bits per heavy atom. The van der Waals surface area contributed by atoms with Crippen LogP contribution in [0, 0.1) is 19.7 Å². The van der Waals surface area contributed by atoms with Crippen LogP contribution in [0.15, 0.2) is 46.6 Å². The van der Waals surface area contributed by atoms with E-state index in [4.69, 9.17) is 21.5 Å². The zero-order valence-electron chi connectivity index (χ0n) is 18.7. The minimum atomic E-state index is -0.485. The van der Waals surface area contributed by atoms with Gasteiger partial charge in [-0.25, -0.2) is 4.39 Å². The first kappa shape index (κ1) is 22.0. The van der Waals surface area contributed by atoms with Gasteiger partial charge >= 0.3 is 0 Å². The van der Waals surface area contributed by atoms with Gasteiger partial charge in [-0.1, -0.05) is 23.4 Å². The second kappa shape index (κ2) is 8.70. The summed E-state index contributed by atoms with van der Waals surface area (Å²) in [7, 11) is 1.42. The van der Waals surface area contributed by atoms with E-state index >= 15 is 0 Å². The van der Waals surface area contributed by atoms with Crippen LogP contribution >= 0.6 is 12.2 Å². The predicted molar refractivity (Wildman–Crippen MR) is 126 cm³/mol. The van der Waals surface area contributed by atoms with Gasteiger partial charge in [-0.3, -0.25) is 0 Å². The van der Waals surface area contributed by atoms with E-state index in [1.165, 1.54) is 24.3 Å². The van der Waals surface area contributed by atoms with Crippen LogP contribution in [0.3, 0.4) is 0 Å². The molecule has 0 aliphatic carbocycles. The molecule has 1 aliphatic heterocycles. The van der Waals surface area contributed by atoms with E-state index in [1.54, 1.807) is 12.1 Å². The van der Waals surface area contributed by atoms with Gasteiger partial charge in [-0.15, -0.1) is 0 Å². The second-order valence-electron chi connectivity index (χ2n) is 7.74. The number of allylic oxidation sites excluding steroid dienone is 1. The van der Waals surface area contributed by atoms with E-state index in [9.17, 15) is 4.39 Å². The number of benzene rings is 2. The van der Waals surface area contributed by atoms with Crippen molar-refractivity contribution >= 4 is 22.9 Å². The first-order valence-corrected chi connectivity index (χ1v) is 10.8. The molecule has 1 aromatic heterocycles. The van der Waals surface area contributed by atoms with Crippen molar-refractivity contribution in [3.63, 3.8) is 0 Å². The van der Waals surface area contributed by atoms with Crippen molar-refractivity contribution in [2.45, 2.75) is 33.7 Å². The van der Waals surface area contributed by atoms with Crippen LogP contribution in [0.5, 0.6) is 5.75 Å². The summed E-state index contributed by atoms with van der Waals surface area (Å²) in [4.78, 5) is 6.61. The number of nitrogens with one attached hydrogen (secondary N) is 1. The second-order valence-corrected chi connectivity index (χ2v) is 8.13. The minimum Gasteiger partial charge on any atom is -0.494 e. The Bertz CT molecular complexity index is 1220. The zero-order chi connectivity index (χ0) is 23.0. The lowest BCUT2D eigenvalue weighted by molar-refractivity contribution is 0.386. The number of aromatic nitrogens is 2. The number of halogens is 1. The Hall–Kier alpha value is -3.26. The first-order chi connectivity index (χ1) is 15.3. The van der Waals surface area contributed by atoms with Gasteiger partial charge in [0.25, 0.3) is 5.89 Å². The number of hydrogen-bond donors (Lipinski definition) is 1. The molecule has 0 saturated heterocycles. The number of ether oxygens (including phenoxy) is 1. The SMILES string of the molecule is CCN1C(=S)NC(c2ccc(C)c(C)c2)C(c2nc(-c3ccc(OC)c(F)c3)no2)=C1C. The number of methoxy groups -OCH3 is 1. The predicted octanol–water partition coefficient (Wildman–Crippen LogP) is 5.18. The molecule has 0 radical (unpaired) electrons. The Kier molecular flexibility index (Phi) is 5.97. The van der Waals surface area contributed by atoms with E-state index < -0.39 is 5.82 Å². The average Bonchev–Trinajstić information content (AvgIpc) is 3.25. The summed E-state index contributed by atoms with van der Waals surface area (Å²) < 4.78 is 24.9. The molecule has 166 valence electrons. The van der Waals surface area contributed by atoms with Crippen molar-refractivity contribution in [1.82, 2.24) is 20.4 Å². The summed E-state index contributed by atoms with van der Waals surface area (Å²) in [6, 6.07) is 10.6. The van der Waals surface area contributed by atoms with E-state index in [2.05, 4.69) is 47.5 Å². The lowest BCUT2D eigenvalue weighted by Crippen LogP contribution is -2.45. The highest BCUT2D eigenvalue weighted by Crippen LogP contribution is 2.38. The third-order valence-corrected chi connectivity index (χ3v) is 6.18. The van der Waals surface area contributed by atoms with Crippen LogP contribution in [-0.2, 0) is 0 Å². The molecule has 0 saturated carbocycles. The first-order valence-electron chi connectivity index (χ1n) is 10.4. The molecule has 0 bridgehead atoms. The van der Waals surface area contributed by atoms with Gasteiger partial charge in [0.1, 0.15) is 0 Å². The molecule has 32 heavy (non-hydrogen) atoms. The van der Waals surface area contributed by atoms with Crippen molar-refractivity contribution in [3.05, 3.63) is 70.5 Å². The monoisotopic (exact) mass is 452 g/mol. The summed E-state index contributed by atoms with van der Waals surface area (Å²) >= 11 is 5.62. The largest absolute Gasteiger partial charge is 0.494 e. The summed E-state index contributed by atoms with van der Waals surface area (Å²) in [6.45, 7) is 8.89. The van der Waals surface area contributed by atoms with Crippen LogP contribution in [-0.4, -0.2) is 33.8 Å². The maximum absolute atomic E-state index is 14.2. The smallest absolute Gasteiger partial charge is 0.258 e. The molecule has 1 unspecified atom stereocenters. The molecule has 6 nitrogen and oxygen atoms in total. The van der Waals surface area contributed by atoms with Gasteiger partial charge in [-0.2, -0.15) is 4.98 Å². The van der Waals surface area contributed by atoms with Crippen LogP contribution < -0.4 is 10.1 Å². The zero-order valence-corrected chi connectivity index (χ0v) is 19.5. The molecule has 2 aromatic carbocycles. The molecule has 8 heteroatoms. The molecule has 0 amide bonds. The van der Waals surface area contributed by atoms with Gasteiger partial charge < -0.3 is 19.5 Å². The number of thiocarbonyl (C=S) groups is 1. The Labute approximate surface area is 192 Å². The molecule has 2 heterocycles. The summed E-state index contributed by atoms with van der Waals surface area (Å²) in [5, 5.41) is 8.19. The quantitative estimate of drug-likeness (QED) is 0.535. The fraction of sp³-hybridized carbons (Fsp3) is 0.292. The number of nitrogens with zero attached hydrogens (tertiary/aromatic N) is 3. The van der Waals surface area contributed by atoms with Crippen LogP contribution in [0.25, 0.3) is 17.0 Å². The van der Waals surface area contributed by atoms with Gasteiger partial charge in [-0.05, 0) is 74.8 Å². The Morgan fingerprint density at radius 3 is 2.59 bits per heavy atom. The molecule has 4 rings (SSSR count). The van der Waals surface area contributed by atoms with Crippen molar-refractivity contribution in [2.24, 2.45) is 0 Å². The molecule has 1 atom stereocenters. The molecule has 1 aliphatic rings. The van der Waals surface area contributed by atoms with E-state index in [-0.39, 0.29) is 11.8 Å². The minimum absolute atomic E-state index is 0.161. The third kappa shape index (κ3) is 3.86. The molecule has 3 aromatic rings. The highest BCUT2D eigenvalue weighted by atomic mass is 32.1. The van der Waals surface area contributed by atoms with Crippen molar-refractivity contribution in [3.8, 4) is 17.1 Å². The van der Waals surface area contributed by atoms with Crippen molar-refractivity contribution in [1.29, 1.82) is 0 Å². The van der Waals surface area contributed by atoms with Crippen LogP contribution in [0.4, 0.5) is 4.39 Å².